The van der Waals surface area contributed by atoms with Gasteiger partial charge in [-0.1, -0.05) is 12.2 Å². The zero-order chi connectivity index (χ0) is 8.08. The first-order valence-electron chi connectivity index (χ1n) is 1.43. The van der Waals surface area contributed by atoms with Gasteiger partial charge >= 0.3 is 6.16 Å². The molecule has 0 aromatic rings. The van der Waals surface area contributed by atoms with Crippen LogP contribution in [0.4, 0.5) is 4.79 Å². The van der Waals surface area contributed by atoms with E-state index in [0.29, 0.717) is 0 Å². The van der Waals surface area contributed by atoms with Crippen LogP contribution in [0.3, 0.4) is 0 Å². The van der Waals surface area contributed by atoms with Gasteiger partial charge in [0, 0.05) is 0 Å². The molecule has 0 spiro atoms. The number of hydrogen-bond acceptors (Lipinski definition) is 2. The van der Waals surface area contributed by atoms with Crippen LogP contribution in [0.1, 0.15) is 0 Å². The first kappa shape index (κ1) is 11.9. The predicted octanol–water partition coefficient (Wildman–Crippen LogP) is 0.348. The minimum Gasteiger partial charge on any atom is -0.450 e. The van der Waals surface area contributed by atoms with Gasteiger partial charge in [0.1, 0.15) is 0 Å². The maximum absolute atomic E-state index is 8.56. The molecule has 0 aliphatic heterocycles. The van der Waals surface area contributed by atoms with E-state index in [-0.39, 0.29) is 0 Å². The summed E-state index contributed by atoms with van der Waals surface area (Å²) in [7, 11) is 0. The van der Waals surface area contributed by atoms with E-state index in [1.165, 1.54) is 0 Å². The van der Waals surface area contributed by atoms with Crippen LogP contribution in [0.5, 0.6) is 0 Å². The van der Waals surface area contributed by atoms with Gasteiger partial charge in [-0.25, -0.2) is 4.79 Å². The summed E-state index contributed by atoms with van der Waals surface area (Å²) in [4.78, 5) is 24.3. The molecule has 9 heavy (non-hydrogen) atoms. The first-order valence-corrected chi connectivity index (χ1v) is 5.29. The van der Waals surface area contributed by atoms with E-state index in [1.807, 2.05) is 0 Å². The monoisotopic (exact) mass is 192 g/mol. The van der Waals surface area contributed by atoms with Crippen molar-refractivity contribution >= 4 is 35.9 Å². The van der Waals surface area contributed by atoms with Crippen LogP contribution in [0, 0.1) is 0 Å². The van der Waals surface area contributed by atoms with Gasteiger partial charge < -0.3 is 20.0 Å². The minimum atomic E-state index is -3.11. The Kier molecular flexibility index (Phi) is 6.64. The smallest absolute Gasteiger partial charge is 0.450 e. The van der Waals surface area contributed by atoms with Crippen molar-refractivity contribution in [2.24, 2.45) is 0 Å². The third-order valence-corrected chi connectivity index (χ3v) is 0. The maximum Gasteiger partial charge on any atom is 0.503 e. The molecule has 0 heterocycles. The third-order valence-electron chi connectivity index (χ3n) is 0. The van der Waals surface area contributed by atoms with E-state index in [9.17, 15) is 0 Å². The summed E-state index contributed by atoms with van der Waals surface area (Å²) in [5.74, 6) is 0. The van der Waals surface area contributed by atoms with Gasteiger partial charge in [-0.15, -0.1) is 0 Å². The van der Waals surface area contributed by atoms with E-state index in [1.54, 1.807) is 0 Å². The topological polar surface area (TPSA) is 98.0 Å². The van der Waals surface area contributed by atoms with Gasteiger partial charge in [0.25, 0.3) is 0 Å². The number of hydrogen-bond donors (Lipinski definition) is 5. The molecule has 0 fully saturated rings. The van der Waals surface area contributed by atoms with E-state index in [4.69, 9.17) is 24.8 Å². The molecule has 0 atom stereocenters. The van der Waals surface area contributed by atoms with Crippen LogP contribution in [0.15, 0.2) is 0 Å². The lowest BCUT2D eigenvalue weighted by molar-refractivity contribution is 0.137. The normalized spacial score (nSPS) is 9.22. The number of carboxylic acid groups (broad SMARTS) is 2. The molecule has 0 rings (SSSR count). The quantitative estimate of drug-likeness (QED) is 0.280. The molecule has 0 bridgehead atoms. The Balaban J connectivity index is 0. The molecule has 56 valence electrons. The molecule has 0 saturated heterocycles. The van der Waals surface area contributed by atoms with E-state index in [2.05, 4.69) is 24.1 Å². The summed E-state index contributed by atoms with van der Waals surface area (Å²) < 4.78 is 0. The SMILES string of the molecule is O=C(O)O.OP(O)(=S)S. The lowest BCUT2D eigenvalue weighted by Gasteiger charge is -1.88. The Labute approximate surface area is 61.3 Å². The lowest BCUT2D eigenvalue weighted by Crippen LogP contribution is -1.81. The summed E-state index contributed by atoms with van der Waals surface area (Å²) in [5.41, 5.74) is -3.11. The first-order chi connectivity index (χ1) is 3.73. The van der Waals surface area contributed by atoms with Crippen LogP contribution in [-0.4, -0.2) is 26.2 Å². The average molecular weight is 192 g/mol. The molecule has 0 saturated carbocycles. The van der Waals surface area contributed by atoms with Gasteiger partial charge in [-0.3, -0.25) is 0 Å². The molecule has 0 unspecified atom stereocenters. The average Bonchev–Trinajstić information content (AvgIpc) is 1.19. The maximum atomic E-state index is 8.56. The summed E-state index contributed by atoms with van der Waals surface area (Å²) in [6, 6.07) is 0. The van der Waals surface area contributed by atoms with Crippen LogP contribution < -0.4 is 0 Å². The highest BCUT2D eigenvalue weighted by molar-refractivity contribution is 8.59. The largest absolute Gasteiger partial charge is 0.503 e. The molecule has 0 amide bonds. The van der Waals surface area contributed by atoms with Crippen molar-refractivity contribution in [3.8, 4) is 0 Å². The van der Waals surface area contributed by atoms with Crippen molar-refractivity contribution in [1.82, 2.24) is 0 Å². The molecule has 0 aliphatic rings. The second-order valence-electron chi connectivity index (χ2n) is 0.796. The molecular formula is CH5O5PS2. The molecule has 4 N–H and O–H groups in total. The van der Waals surface area contributed by atoms with Crippen molar-refractivity contribution in [3.63, 3.8) is 0 Å². The van der Waals surface area contributed by atoms with Gasteiger partial charge in [0.2, 0.25) is 5.69 Å². The van der Waals surface area contributed by atoms with Crippen LogP contribution in [0.25, 0.3) is 0 Å². The Morgan fingerprint density at radius 2 is 1.44 bits per heavy atom. The van der Waals surface area contributed by atoms with Crippen molar-refractivity contribution in [3.05, 3.63) is 0 Å². The zero-order valence-electron chi connectivity index (χ0n) is 4.00. The fraction of sp³-hybridized carbons (Fsp3) is 0. The van der Waals surface area contributed by atoms with Crippen molar-refractivity contribution in [2.45, 2.75) is 0 Å². The number of thiol groups is 1. The highest BCUT2D eigenvalue weighted by Gasteiger charge is 1.90. The summed E-state index contributed by atoms with van der Waals surface area (Å²) in [5, 5.41) is 13.9. The zero-order valence-corrected chi connectivity index (χ0v) is 6.61. The van der Waals surface area contributed by atoms with Crippen molar-refractivity contribution in [1.29, 1.82) is 0 Å². The minimum absolute atomic E-state index is 1.83. The third kappa shape index (κ3) is 8690. The van der Waals surface area contributed by atoms with Gasteiger partial charge in [-0.2, -0.15) is 0 Å². The van der Waals surface area contributed by atoms with Crippen LogP contribution in [-0.2, 0) is 11.8 Å². The summed E-state index contributed by atoms with van der Waals surface area (Å²) in [6.45, 7) is 0. The van der Waals surface area contributed by atoms with Crippen molar-refractivity contribution < 1.29 is 24.8 Å². The molecular weight excluding hydrogens is 187 g/mol. The van der Waals surface area contributed by atoms with E-state index in [0.717, 1.165) is 0 Å². The van der Waals surface area contributed by atoms with E-state index >= 15 is 0 Å². The lowest BCUT2D eigenvalue weighted by atomic mass is 11.5. The van der Waals surface area contributed by atoms with Gasteiger partial charge in [0.05, 0.1) is 0 Å². The second kappa shape index (κ2) is 5.01. The Bertz CT molecular complexity index is 115. The molecule has 8 heteroatoms. The summed E-state index contributed by atoms with van der Waals surface area (Å²) >= 11 is 7.07. The Morgan fingerprint density at radius 1 is 1.44 bits per heavy atom. The highest BCUT2D eigenvalue weighted by Crippen LogP contribution is 2.39. The fourth-order valence-corrected chi connectivity index (χ4v) is 0. The van der Waals surface area contributed by atoms with Gasteiger partial charge in [0.15, 0.2) is 0 Å². The summed E-state index contributed by atoms with van der Waals surface area (Å²) in [6.07, 6.45) is -1.83. The van der Waals surface area contributed by atoms with Crippen molar-refractivity contribution in [2.75, 3.05) is 0 Å². The fourth-order valence-electron chi connectivity index (χ4n) is 0. The van der Waals surface area contributed by atoms with Crippen LogP contribution >= 0.6 is 17.9 Å². The molecule has 0 radical (unpaired) electrons. The second-order valence-corrected chi connectivity index (χ2v) is 5.84. The predicted molar refractivity (Wildman–Crippen MR) is 38.4 cm³/mol. The number of rotatable bonds is 0. The number of carbonyl (C=O) groups is 1. The molecule has 0 aliphatic carbocycles. The Morgan fingerprint density at radius 3 is 1.44 bits per heavy atom. The van der Waals surface area contributed by atoms with E-state index < -0.39 is 11.8 Å². The standard InChI is InChI=1S/CH2O3.H3O2PS2/c2-1(3)4;1-3(2,4)5/h(H2,2,3,4);(H3,1,2,4,5). The molecule has 5 nitrogen and oxygen atoms in total. The Hall–Kier alpha value is 0.190. The van der Waals surface area contributed by atoms with Crippen LogP contribution in [0.2, 0.25) is 0 Å². The molecule has 0 aromatic carbocycles. The highest BCUT2D eigenvalue weighted by atomic mass is 32.9. The van der Waals surface area contributed by atoms with Gasteiger partial charge in [-0.05, 0) is 11.8 Å². The molecule has 0 aromatic heterocycles.